The summed E-state index contributed by atoms with van der Waals surface area (Å²) >= 11 is 0. The lowest BCUT2D eigenvalue weighted by Crippen LogP contribution is -2.48. The molecular weight excluding hydrogens is 230 g/mol. The molecule has 2 atom stereocenters. The number of rotatable bonds is 1. The van der Waals surface area contributed by atoms with Gasteiger partial charge in [-0.15, -0.1) is 0 Å². The Kier molecular flexibility index (Phi) is 3.52. The van der Waals surface area contributed by atoms with Crippen LogP contribution < -0.4 is 5.73 Å². The number of nitrogens with zero attached hydrogens (tertiary/aromatic N) is 2. The molecular formula is C13H19N3O2. The second-order valence-corrected chi connectivity index (χ2v) is 4.88. The SMILES string of the molecule is Cc1cc(N)c(C(=O)N2C[C@@H](C)O[C@@H](C)C2)cn1. The molecule has 0 bridgehead atoms. The smallest absolute Gasteiger partial charge is 0.257 e. The molecule has 2 heterocycles. The van der Waals surface area contributed by atoms with Gasteiger partial charge in [0, 0.05) is 30.7 Å². The fourth-order valence-electron chi connectivity index (χ4n) is 2.27. The van der Waals surface area contributed by atoms with Crippen LogP contribution in [0, 0.1) is 6.92 Å². The average molecular weight is 249 g/mol. The van der Waals surface area contributed by atoms with Crippen LogP contribution in [0.5, 0.6) is 0 Å². The van der Waals surface area contributed by atoms with Crippen molar-refractivity contribution in [2.24, 2.45) is 0 Å². The lowest BCUT2D eigenvalue weighted by molar-refractivity contribution is -0.0586. The average Bonchev–Trinajstić information content (AvgIpc) is 2.26. The highest BCUT2D eigenvalue weighted by Crippen LogP contribution is 2.18. The molecule has 0 radical (unpaired) electrons. The number of amides is 1. The lowest BCUT2D eigenvalue weighted by atomic mass is 10.1. The minimum absolute atomic E-state index is 0.0531. The first-order valence-corrected chi connectivity index (χ1v) is 6.14. The third-order valence-corrected chi connectivity index (χ3v) is 3.01. The maximum atomic E-state index is 12.4. The first kappa shape index (κ1) is 12.8. The van der Waals surface area contributed by atoms with E-state index in [1.165, 1.54) is 0 Å². The van der Waals surface area contributed by atoms with E-state index >= 15 is 0 Å². The van der Waals surface area contributed by atoms with Crippen LogP contribution in [0.15, 0.2) is 12.3 Å². The summed E-state index contributed by atoms with van der Waals surface area (Å²) in [6.45, 7) is 6.97. The molecule has 5 nitrogen and oxygen atoms in total. The van der Waals surface area contributed by atoms with Crippen molar-refractivity contribution in [3.05, 3.63) is 23.5 Å². The molecule has 18 heavy (non-hydrogen) atoms. The fraction of sp³-hybridized carbons (Fsp3) is 0.538. The molecule has 1 fully saturated rings. The second-order valence-electron chi connectivity index (χ2n) is 4.88. The summed E-state index contributed by atoms with van der Waals surface area (Å²) in [6, 6.07) is 1.72. The number of aromatic nitrogens is 1. The van der Waals surface area contributed by atoms with Crippen LogP contribution >= 0.6 is 0 Å². The number of hydrogen-bond acceptors (Lipinski definition) is 4. The topological polar surface area (TPSA) is 68.5 Å². The van der Waals surface area contributed by atoms with E-state index < -0.39 is 0 Å². The lowest BCUT2D eigenvalue weighted by Gasteiger charge is -2.35. The summed E-state index contributed by atoms with van der Waals surface area (Å²) < 4.78 is 5.61. The molecule has 1 aliphatic rings. The zero-order valence-electron chi connectivity index (χ0n) is 11.0. The van der Waals surface area contributed by atoms with Crippen LogP contribution in [0.1, 0.15) is 29.9 Å². The number of hydrogen-bond donors (Lipinski definition) is 1. The van der Waals surface area contributed by atoms with E-state index in [9.17, 15) is 4.79 Å². The van der Waals surface area contributed by atoms with E-state index in [2.05, 4.69) is 4.98 Å². The second kappa shape index (κ2) is 4.94. The van der Waals surface area contributed by atoms with Gasteiger partial charge < -0.3 is 15.4 Å². The Morgan fingerprint density at radius 1 is 1.44 bits per heavy atom. The highest BCUT2D eigenvalue weighted by atomic mass is 16.5. The molecule has 1 aromatic rings. The Hall–Kier alpha value is -1.62. The summed E-state index contributed by atoms with van der Waals surface area (Å²) in [7, 11) is 0. The van der Waals surface area contributed by atoms with Crippen molar-refractivity contribution in [3.8, 4) is 0 Å². The van der Waals surface area contributed by atoms with Crippen LogP contribution in [-0.2, 0) is 4.74 Å². The van der Waals surface area contributed by atoms with Gasteiger partial charge in [-0.3, -0.25) is 9.78 Å². The molecule has 0 saturated carbocycles. The van der Waals surface area contributed by atoms with Gasteiger partial charge in [0.25, 0.3) is 5.91 Å². The predicted octanol–water partition coefficient (Wildman–Crippen LogP) is 1.22. The Balaban J connectivity index is 2.20. The number of nitrogen functional groups attached to an aromatic ring is 1. The summed E-state index contributed by atoms with van der Waals surface area (Å²) in [6.07, 6.45) is 1.66. The summed E-state index contributed by atoms with van der Waals surface area (Å²) in [5.74, 6) is -0.0676. The quantitative estimate of drug-likeness (QED) is 0.812. The van der Waals surface area contributed by atoms with Crippen molar-refractivity contribution >= 4 is 11.6 Å². The first-order valence-electron chi connectivity index (χ1n) is 6.14. The van der Waals surface area contributed by atoms with Crippen LogP contribution in [0.25, 0.3) is 0 Å². The number of carbonyl (C=O) groups excluding carboxylic acids is 1. The highest BCUT2D eigenvalue weighted by molar-refractivity contribution is 5.98. The van der Waals surface area contributed by atoms with Gasteiger partial charge in [0.1, 0.15) is 0 Å². The number of carbonyl (C=O) groups is 1. The maximum Gasteiger partial charge on any atom is 0.257 e. The number of nitrogens with two attached hydrogens (primary N) is 1. The normalized spacial score (nSPS) is 24.1. The van der Waals surface area contributed by atoms with Gasteiger partial charge in [-0.25, -0.2) is 0 Å². The predicted molar refractivity (Wildman–Crippen MR) is 69.3 cm³/mol. The van der Waals surface area contributed by atoms with Crippen LogP contribution in [0.2, 0.25) is 0 Å². The van der Waals surface area contributed by atoms with Gasteiger partial charge in [-0.1, -0.05) is 0 Å². The Labute approximate surface area is 107 Å². The summed E-state index contributed by atoms with van der Waals surface area (Å²) in [5, 5.41) is 0. The Bertz CT molecular complexity index is 452. The van der Waals surface area contributed by atoms with Crippen LogP contribution in [0.4, 0.5) is 5.69 Å². The van der Waals surface area contributed by atoms with Gasteiger partial charge in [0.05, 0.1) is 17.8 Å². The van der Waals surface area contributed by atoms with E-state index in [-0.39, 0.29) is 18.1 Å². The maximum absolute atomic E-state index is 12.4. The number of ether oxygens (including phenoxy) is 1. The standard InChI is InChI=1S/C13H19N3O2/c1-8-4-12(14)11(5-15-8)13(17)16-6-9(2)18-10(3)7-16/h4-5,9-10H,6-7H2,1-3H3,(H2,14,15)/t9-,10+. The first-order chi connectivity index (χ1) is 8.47. The third-order valence-electron chi connectivity index (χ3n) is 3.01. The van der Waals surface area contributed by atoms with Crippen molar-refractivity contribution in [3.63, 3.8) is 0 Å². The number of aryl methyl sites for hydroxylation is 1. The summed E-state index contributed by atoms with van der Waals surface area (Å²) in [5.41, 5.74) is 7.65. The molecule has 2 rings (SSSR count). The van der Waals surface area contributed by atoms with Gasteiger partial charge in [0.15, 0.2) is 0 Å². The Morgan fingerprint density at radius 3 is 2.61 bits per heavy atom. The molecule has 0 aliphatic carbocycles. The minimum atomic E-state index is -0.0676. The fourth-order valence-corrected chi connectivity index (χ4v) is 2.27. The van der Waals surface area contributed by atoms with Crippen molar-refractivity contribution in [1.82, 2.24) is 9.88 Å². The van der Waals surface area contributed by atoms with E-state index in [1.807, 2.05) is 20.8 Å². The largest absolute Gasteiger partial charge is 0.398 e. The molecule has 1 saturated heterocycles. The highest BCUT2D eigenvalue weighted by Gasteiger charge is 2.27. The molecule has 1 aromatic heterocycles. The van der Waals surface area contributed by atoms with E-state index in [4.69, 9.17) is 10.5 Å². The van der Waals surface area contributed by atoms with Gasteiger partial charge >= 0.3 is 0 Å². The number of anilines is 1. The van der Waals surface area contributed by atoms with E-state index in [0.29, 0.717) is 24.3 Å². The van der Waals surface area contributed by atoms with Gasteiger partial charge in [-0.05, 0) is 26.8 Å². The Morgan fingerprint density at radius 2 is 2.06 bits per heavy atom. The number of pyridine rings is 1. The van der Waals surface area contributed by atoms with Crippen LogP contribution in [0.3, 0.4) is 0 Å². The molecule has 0 aromatic carbocycles. The molecule has 1 amide bonds. The molecule has 2 N–H and O–H groups in total. The van der Waals surface area contributed by atoms with Crippen molar-refractivity contribution < 1.29 is 9.53 Å². The van der Waals surface area contributed by atoms with E-state index in [1.54, 1.807) is 17.2 Å². The van der Waals surface area contributed by atoms with Crippen LogP contribution in [-0.4, -0.2) is 41.1 Å². The van der Waals surface area contributed by atoms with Gasteiger partial charge in [-0.2, -0.15) is 0 Å². The monoisotopic (exact) mass is 249 g/mol. The van der Waals surface area contributed by atoms with Crippen molar-refractivity contribution in [1.29, 1.82) is 0 Å². The number of morpholine rings is 1. The van der Waals surface area contributed by atoms with Crippen molar-refractivity contribution in [2.75, 3.05) is 18.8 Å². The molecule has 1 aliphatic heterocycles. The molecule has 98 valence electrons. The summed E-state index contributed by atoms with van der Waals surface area (Å²) in [4.78, 5) is 18.3. The zero-order chi connectivity index (χ0) is 13.3. The van der Waals surface area contributed by atoms with Gasteiger partial charge in [0.2, 0.25) is 0 Å². The zero-order valence-corrected chi connectivity index (χ0v) is 11.0. The van der Waals surface area contributed by atoms with E-state index in [0.717, 1.165) is 5.69 Å². The molecule has 0 spiro atoms. The minimum Gasteiger partial charge on any atom is -0.398 e. The molecule has 5 heteroatoms. The third kappa shape index (κ3) is 2.61. The van der Waals surface area contributed by atoms with Crippen molar-refractivity contribution in [2.45, 2.75) is 33.0 Å². The molecule has 0 unspecified atom stereocenters.